The Balaban J connectivity index is 2.13. The summed E-state index contributed by atoms with van der Waals surface area (Å²) in [6.45, 7) is 4.19. The first-order chi connectivity index (χ1) is 6.59. The lowest BCUT2D eigenvalue weighted by molar-refractivity contribution is 0.486. The molecule has 2 rings (SSSR count). The van der Waals surface area contributed by atoms with Gasteiger partial charge in [-0.1, -0.05) is 0 Å². The number of hydrogen-bond donors (Lipinski definition) is 1. The lowest BCUT2D eigenvalue weighted by atomic mass is 9.99. The van der Waals surface area contributed by atoms with Crippen molar-refractivity contribution in [2.45, 2.75) is 32.2 Å². The number of aromatic nitrogens is 1. The fourth-order valence-corrected chi connectivity index (χ4v) is 1.69. The molecule has 1 fully saturated rings. The quantitative estimate of drug-likeness (QED) is 0.800. The van der Waals surface area contributed by atoms with Crippen LogP contribution >= 0.6 is 0 Å². The average Bonchev–Trinajstić information content (AvgIpc) is 2.91. The molecular formula is C11H15FN2. The molecule has 1 aliphatic rings. The van der Waals surface area contributed by atoms with Crippen molar-refractivity contribution in [3.05, 3.63) is 24.1 Å². The monoisotopic (exact) mass is 194 g/mol. The molecule has 0 aromatic carbocycles. The summed E-state index contributed by atoms with van der Waals surface area (Å²) in [5, 5.41) is 3.16. The maximum Gasteiger partial charge on any atom is 0.165 e. The molecule has 0 amide bonds. The highest BCUT2D eigenvalue weighted by Crippen LogP contribution is 2.40. The number of halogens is 1. The lowest BCUT2D eigenvalue weighted by Gasteiger charge is -2.26. The highest BCUT2D eigenvalue weighted by Gasteiger charge is 2.38. The Hall–Kier alpha value is -1.12. The Morgan fingerprint density at radius 3 is 2.79 bits per heavy atom. The third-order valence-electron chi connectivity index (χ3n) is 2.80. The van der Waals surface area contributed by atoms with Gasteiger partial charge in [0.25, 0.3) is 0 Å². The van der Waals surface area contributed by atoms with Gasteiger partial charge in [-0.25, -0.2) is 9.37 Å². The number of rotatable bonds is 3. The van der Waals surface area contributed by atoms with Crippen molar-refractivity contribution in [2.24, 2.45) is 5.92 Å². The molecule has 3 heteroatoms. The Labute approximate surface area is 83.6 Å². The van der Waals surface area contributed by atoms with Gasteiger partial charge in [-0.2, -0.15) is 0 Å². The Bertz CT molecular complexity index is 332. The minimum atomic E-state index is -0.277. The summed E-state index contributed by atoms with van der Waals surface area (Å²) in [6.07, 6.45) is 4.07. The summed E-state index contributed by atoms with van der Waals surface area (Å²) in [5.41, 5.74) is -0.0464. The van der Waals surface area contributed by atoms with Crippen LogP contribution in [-0.4, -0.2) is 10.5 Å². The van der Waals surface area contributed by atoms with Crippen molar-refractivity contribution in [2.75, 3.05) is 5.32 Å². The van der Waals surface area contributed by atoms with Gasteiger partial charge in [0.2, 0.25) is 0 Å². The molecule has 2 nitrogen and oxygen atoms in total. The zero-order chi connectivity index (χ0) is 10.2. The predicted molar refractivity (Wildman–Crippen MR) is 54.6 cm³/mol. The predicted octanol–water partition coefficient (Wildman–Crippen LogP) is 2.82. The van der Waals surface area contributed by atoms with Crippen LogP contribution in [0, 0.1) is 11.7 Å². The number of hydrogen-bond acceptors (Lipinski definition) is 2. The second-order valence-corrected chi connectivity index (χ2v) is 4.45. The molecule has 1 heterocycles. The molecule has 0 unspecified atom stereocenters. The van der Waals surface area contributed by atoms with Crippen molar-refractivity contribution in [1.29, 1.82) is 0 Å². The van der Waals surface area contributed by atoms with Gasteiger partial charge in [0.1, 0.15) is 0 Å². The van der Waals surface area contributed by atoms with Crippen LogP contribution in [0.1, 0.15) is 26.7 Å². The molecule has 0 spiro atoms. The fourth-order valence-electron chi connectivity index (χ4n) is 1.69. The van der Waals surface area contributed by atoms with Crippen molar-refractivity contribution < 1.29 is 4.39 Å². The molecule has 1 N–H and O–H groups in total. The minimum absolute atomic E-state index is 0.0464. The highest BCUT2D eigenvalue weighted by atomic mass is 19.1. The normalized spacial score (nSPS) is 16.8. The van der Waals surface area contributed by atoms with Crippen molar-refractivity contribution in [1.82, 2.24) is 4.98 Å². The first-order valence-electron chi connectivity index (χ1n) is 4.98. The summed E-state index contributed by atoms with van der Waals surface area (Å²) >= 11 is 0. The first kappa shape index (κ1) is 9.44. The van der Waals surface area contributed by atoms with E-state index in [1.807, 2.05) is 0 Å². The van der Waals surface area contributed by atoms with Crippen molar-refractivity contribution >= 4 is 5.82 Å². The second kappa shape index (κ2) is 3.23. The van der Waals surface area contributed by atoms with E-state index in [2.05, 4.69) is 24.1 Å². The van der Waals surface area contributed by atoms with E-state index in [0.717, 1.165) is 0 Å². The van der Waals surface area contributed by atoms with Gasteiger partial charge in [0, 0.05) is 11.7 Å². The Morgan fingerprint density at radius 2 is 2.21 bits per heavy atom. The summed E-state index contributed by atoms with van der Waals surface area (Å²) in [6, 6.07) is 3.03. The molecule has 0 bridgehead atoms. The molecule has 0 atom stereocenters. The summed E-state index contributed by atoms with van der Waals surface area (Å²) < 4.78 is 13.3. The molecule has 0 saturated heterocycles. The van der Waals surface area contributed by atoms with E-state index in [0.29, 0.717) is 11.7 Å². The summed E-state index contributed by atoms with van der Waals surface area (Å²) in [4.78, 5) is 3.99. The first-order valence-corrected chi connectivity index (χ1v) is 4.98. The molecule has 0 aliphatic heterocycles. The average molecular weight is 194 g/mol. The van der Waals surface area contributed by atoms with Gasteiger partial charge in [0.05, 0.1) is 0 Å². The Morgan fingerprint density at radius 1 is 1.50 bits per heavy atom. The number of anilines is 1. The SMILES string of the molecule is CC(C)(Nc1ncccc1F)C1CC1. The van der Waals surface area contributed by atoms with E-state index in [9.17, 15) is 4.39 Å². The van der Waals surface area contributed by atoms with Crippen molar-refractivity contribution in [3.63, 3.8) is 0 Å². The third kappa shape index (κ3) is 1.86. The third-order valence-corrected chi connectivity index (χ3v) is 2.80. The molecule has 1 aromatic heterocycles. The van der Waals surface area contributed by atoms with Gasteiger partial charge in [-0.3, -0.25) is 0 Å². The van der Waals surface area contributed by atoms with E-state index < -0.39 is 0 Å². The van der Waals surface area contributed by atoms with Crippen LogP contribution in [0.25, 0.3) is 0 Å². The highest BCUT2D eigenvalue weighted by molar-refractivity contribution is 5.39. The minimum Gasteiger partial charge on any atom is -0.362 e. The van der Waals surface area contributed by atoms with E-state index in [4.69, 9.17) is 0 Å². The zero-order valence-electron chi connectivity index (χ0n) is 8.55. The number of nitrogens with zero attached hydrogens (tertiary/aromatic N) is 1. The largest absolute Gasteiger partial charge is 0.362 e. The van der Waals surface area contributed by atoms with Gasteiger partial charge < -0.3 is 5.32 Å². The van der Waals surface area contributed by atoms with Crippen molar-refractivity contribution in [3.8, 4) is 0 Å². The molecular weight excluding hydrogens is 179 g/mol. The topological polar surface area (TPSA) is 24.9 Å². The van der Waals surface area contributed by atoms with Crippen LogP contribution in [0.3, 0.4) is 0 Å². The van der Waals surface area contributed by atoms with Gasteiger partial charge >= 0.3 is 0 Å². The van der Waals surface area contributed by atoms with E-state index in [1.54, 1.807) is 12.3 Å². The smallest absolute Gasteiger partial charge is 0.165 e. The van der Waals surface area contributed by atoms with E-state index >= 15 is 0 Å². The van der Waals surface area contributed by atoms with Crippen LogP contribution in [0.2, 0.25) is 0 Å². The van der Waals surface area contributed by atoms with E-state index in [1.165, 1.54) is 18.9 Å². The van der Waals surface area contributed by atoms with Gasteiger partial charge in [0.15, 0.2) is 11.6 Å². The molecule has 1 aliphatic carbocycles. The molecule has 76 valence electrons. The van der Waals surface area contributed by atoms with Crippen LogP contribution in [0.15, 0.2) is 18.3 Å². The van der Waals surface area contributed by atoms with Crippen LogP contribution in [-0.2, 0) is 0 Å². The summed E-state index contributed by atoms with van der Waals surface area (Å²) in [7, 11) is 0. The second-order valence-electron chi connectivity index (χ2n) is 4.45. The molecule has 1 aromatic rings. The molecule has 1 saturated carbocycles. The molecule has 14 heavy (non-hydrogen) atoms. The lowest BCUT2D eigenvalue weighted by Crippen LogP contribution is -2.34. The van der Waals surface area contributed by atoms with Gasteiger partial charge in [-0.05, 0) is 44.7 Å². The fraction of sp³-hybridized carbons (Fsp3) is 0.545. The maximum absolute atomic E-state index is 13.3. The van der Waals surface area contributed by atoms with Gasteiger partial charge in [-0.15, -0.1) is 0 Å². The molecule has 0 radical (unpaired) electrons. The standard InChI is InChI=1S/C11H15FN2/c1-11(2,8-5-6-8)14-10-9(12)4-3-7-13-10/h3-4,7-8H,5-6H2,1-2H3,(H,13,14). The Kier molecular flexibility index (Phi) is 2.17. The number of nitrogens with one attached hydrogen (secondary N) is 1. The van der Waals surface area contributed by atoms with Crippen LogP contribution in [0.5, 0.6) is 0 Å². The summed E-state index contributed by atoms with van der Waals surface area (Å²) in [5.74, 6) is 0.745. The number of pyridine rings is 1. The van der Waals surface area contributed by atoms with Crippen LogP contribution < -0.4 is 5.32 Å². The van der Waals surface area contributed by atoms with Crippen LogP contribution in [0.4, 0.5) is 10.2 Å². The zero-order valence-corrected chi connectivity index (χ0v) is 8.55. The van der Waals surface area contributed by atoms with E-state index in [-0.39, 0.29) is 11.4 Å². The maximum atomic E-state index is 13.3.